The molecule has 2 aromatic carbocycles. The normalized spacial score (nSPS) is 14.8. The Morgan fingerprint density at radius 3 is 2.50 bits per heavy atom. The molecule has 34 heavy (non-hydrogen) atoms. The highest BCUT2D eigenvalue weighted by Gasteiger charge is 2.20. The van der Waals surface area contributed by atoms with E-state index in [2.05, 4.69) is 27.5 Å². The Bertz CT molecular complexity index is 1040. The molecule has 1 aliphatic heterocycles. The molecule has 0 unspecified atom stereocenters. The third-order valence-corrected chi connectivity index (χ3v) is 5.95. The van der Waals surface area contributed by atoms with E-state index in [1.165, 1.54) is 7.11 Å². The molecule has 0 spiro atoms. The van der Waals surface area contributed by atoms with E-state index < -0.39 is 5.97 Å². The SMILES string of the molecule is CC[C@@H](C)Oc1cccc(C(=O)NC(=S)Nc2cc(C(=O)OC)ccc2N2CCN(C)CC2)c1. The van der Waals surface area contributed by atoms with Gasteiger partial charge in [-0.1, -0.05) is 13.0 Å². The van der Waals surface area contributed by atoms with E-state index in [1.54, 1.807) is 30.3 Å². The first kappa shape index (κ1) is 25.5. The predicted octanol–water partition coefficient (Wildman–Crippen LogP) is 3.53. The number of nitrogens with one attached hydrogen (secondary N) is 2. The Labute approximate surface area is 206 Å². The van der Waals surface area contributed by atoms with E-state index in [-0.39, 0.29) is 17.1 Å². The van der Waals surface area contributed by atoms with Gasteiger partial charge in [-0.25, -0.2) is 4.79 Å². The minimum absolute atomic E-state index is 0.0520. The van der Waals surface area contributed by atoms with Crippen molar-refractivity contribution in [3.63, 3.8) is 0 Å². The highest BCUT2D eigenvalue weighted by atomic mass is 32.1. The molecule has 1 fully saturated rings. The van der Waals surface area contributed by atoms with Gasteiger partial charge < -0.3 is 24.6 Å². The number of likely N-dealkylation sites (N-methyl/N-ethyl adjacent to an activating group) is 1. The number of benzene rings is 2. The summed E-state index contributed by atoms with van der Waals surface area (Å²) in [6, 6.07) is 12.3. The molecule has 1 atom stereocenters. The van der Waals surface area contributed by atoms with Crippen LogP contribution in [-0.2, 0) is 4.74 Å². The van der Waals surface area contributed by atoms with Gasteiger partial charge in [-0.2, -0.15) is 0 Å². The number of nitrogens with zero attached hydrogens (tertiary/aromatic N) is 2. The van der Waals surface area contributed by atoms with E-state index in [0.717, 1.165) is 38.3 Å². The highest BCUT2D eigenvalue weighted by Crippen LogP contribution is 2.28. The number of amides is 1. The minimum Gasteiger partial charge on any atom is -0.491 e. The molecule has 1 heterocycles. The Balaban J connectivity index is 1.75. The molecular weight excluding hydrogens is 452 g/mol. The van der Waals surface area contributed by atoms with E-state index in [9.17, 15) is 9.59 Å². The third kappa shape index (κ3) is 6.68. The number of hydrogen-bond donors (Lipinski definition) is 2. The molecule has 1 amide bonds. The van der Waals surface area contributed by atoms with Gasteiger partial charge in [0, 0.05) is 31.7 Å². The predicted molar refractivity (Wildman–Crippen MR) is 138 cm³/mol. The van der Waals surface area contributed by atoms with Crippen molar-refractivity contribution >= 4 is 40.6 Å². The number of hydrogen-bond acceptors (Lipinski definition) is 7. The van der Waals surface area contributed by atoms with Crippen molar-refractivity contribution in [3.8, 4) is 5.75 Å². The summed E-state index contributed by atoms with van der Waals surface area (Å²) in [6.45, 7) is 7.54. The van der Waals surface area contributed by atoms with Crippen LogP contribution in [0.5, 0.6) is 5.75 Å². The number of esters is 1. The van der Waals surface area contributed by atoms with Gasteiger partial charge in [-0.15, -0.1) is 0 Å². The van der Waals surface area contributed by atoms with E-state index in [0.29, 0.717) is 22.6 Å². The van der Waals surface area contributed by atoms with Crippen molar-refractivity contribution in [3.05, 3.63) is 53.6 Å². The lowest BCUT2D eigenvalue weighted by Crippen LogP contribution is -2.45. The molecule has 0 radical (unpaired) electrons. The molecule has 2 aromatic rings. The first-order valence-corrected chi connectivity index (χ1v) is 11.8. The van der Waals surface area contributed by atoms with Crippen LogP contribution < -0.4 is 20.3 Å². The Morgan fingerprint density at radius 2 is 1.82 bits per heavy atom. The van der Waals surface area contributed by atoms with Crippen LogP contribution in [0, 0.1) is 0 Å². The molecule has 3 rings (SSSR count). The van der Waals surface area contributed by atoms with Crippen molar-refractivity contribution in [2.45, 2.75) is 26.4 Å². The smallest absolute Gasteiger partial charge is 0.337 e. The standard InChI is InChI=1S/C25H32N4O4S/c1-5-17(2)33-20-8-6-7-18(15-20)23(30)27-25(34)26-21-16-19(24(31)32-4)9-10-22(21)29-13-11-28(3)12-14-29/h6-10,15-17H,5,11-14H2,1-4H3,(H2,26,27,30,34)/t17-/m1/s1. The van der Waals surface area contributed by atoms with Crippen LogP contribution in [0.2, 0.25) is 0 Å². The molecule has 2 N–H and O–H groups in total. The zero-order chi connectivity index (χ0) is 24.7. The summed E-state index contributed by atoms with van der Waals surface area (Å²) >= 11 is 5.43. The Kier molecular flexibility index (Phi) is 8.84. The van der Waals surface area contributed by atoms with Gasteiger partial charge in [0.25, 0.3) is 5.91 Å². The molecule has 182 valence electrons. The first-order chi connectivity index (χ1) is 16.3. The van der Waals surface area contributed by atoms with Crippen LogP contribution in [0.4, 0.5) is 11.4 Å². The molecule has 1 saturated heterocycles. The topological polar surface area (TPSA) is 83.1 Å². The lowest BCUT2D eigenvalue weighted by Gasteiger charge is -2.35. The van der Waals surface area contributed by atoms with Crippen LogP contribution in [0.15, 0.2) is 42.5 Å². The summed E-state index contributed by atoms with van der Waals surface area (Å²) in [6.07, 6.45) is 0.918. The fourth-order valence-corrected chi connectivity index (χ4v) is 3.76. The molecule has 0 saturated carbocycles. The van der Waals surface area contributed by atoms with Crippen molar-refractivity contribution < 1.29 is 19.1 Å². The number of anilines is 2. The average Bonchev–Trinajstić information content (AvgIpc) is 2.84. The summed E-state index contributed by atoms with van der Waals surface area (Å²) in [5.74, 6) is -0.164. The number of carbonyl (C=O) groups is 2. The van der Waals surface area contributed by atoms with Crippen LogP contribution in [0.3, 0.4) is 0 Å². The number of rotatable bonds is 7. The number of piperazine rings is 1. The highest BCUT2D eigenvalue weighted by molar-refractivity contribution is 7.80. The molecule has 0 aliphatic carbocycles. The van der Waals surface area contributed by atoms with Crippen LogP contribution in [-0.4, -0.2) is 68.3 Å². The quantitative estimate of drug-likeness (QED) is 0.456. The molecule has 8 nitrogen and oxygen atoms in total. The monoisotopic (exact) mass is 484 g/mol. The zero-order valence-corrected chi connectivity index (χ0v) is 20.9. The largest absolute Gasteiger partial charge is 0.491 e. The third-order valence-electron chi connectivity index (χ3n) is 5.75. The average molecular weight is 485 g/mol. The fraction of sp³-hybridized carbons (Fsp3) is 0.400. The van der Waals surface area contributed by atoms with Gasteiger partial charge in [0.1, 0.15) is 5.75 Å². The van der Waals surface area contributed by atoms with E-state index in [4.69, 9.17) is 21.7 Å². The fourth-order valence-electron chi connectivity index (χ4n) is 3.56. The van der Waals surface area contributed by atoms with Crippen molar-refractivity contribution in [1.29, 1.82) is 0 Å². The number of carbonyl (C=O) groups excluding carboxylic acids is 2. The summed E-state index contributed by atoms with van der Waals surface area (Å²) in [4.78, 5) is 29.4. The summed E-state index contributed by atoms with van der Waals surface area (Å²) in [5, 5.41) is 5.96. The molecule has 9 heteroatoms. The van der Waals surface area contributed by atoms with Gasteiger partial charge in [0.05, 0.1) is 30.2 Å². The van der Waals surface area contributed by atoms with E-state index in [1.807, 2.05) is 26.0 Å². The summed E-state index contributed by atoms with van der Waals surface area (Å²) < 4.78 is 10.7. The van der Waals surface area contributed by atoms with Crippen LogP contribution >= 0.6 is 12.2 Å². The first-order valence-electron chi connectivity index (χ1n) is 11.4. The van der Waals surface area contributed by atoms with Crippen molar-refractivity contribution in [2.24, 2.45) is 0 Å². The maximum atomic E-state index is 12.8. The minimum atomic E-state index is -0.443. The summed E-state index contributed by atoms with van der Waals surface area (Å²) in [5.41, 5.74) is 2.37. The second kappa shape index (κ2) is 11.8. The van der Waals surface area contributed by atoms with Crippen LogP contribution in [0.25, 0.3) is 0 Å². The van der Waals surface area contributed by atoms with Gasteiger partial charge in [-0.3, -0.25) is 10.1 Å². The maximum Gasteiger partial charge on any atom is 0.337 e. The number of thiocarbonyl (C=S) groups is 1. The van der Waals surface area contributed by atoms with Gasteiger partial charge in [-0.05, 0) is 69.0 Å². The lowest BCUT2D eigenvalue weighted by molar-refractivity contribution is 0.0600. The molecular formula is C25H32N4O4S. The lowest BCUT2D eigenvalue weighted by atomic mass is 10.1. The van der Waals surface area contributed by atoms with E-state index >= 15 is 0 Å². The molecule has 1 aliphatic rings. The maximum absolute atomic E-state index is 12.8. The second-order valence-electron chi connectivity index (χ2n) is 8.29. The van der Waals surface area contributed by atoms with Crippen molar-refractivity contribution in [2.75, 3.05) is 50.6 Å². The van der Waals surface area contributed by atoms with Gasteiger partial charge in [0.2, 0.25) is 0 Å². The molecule has 0 aromatic heterocycles. The second-order valence-corrected chi connectivity index (χ2v) is 8.69. The zero-order valence-electron chi connectivity index (χ0n) is 20.1. The van der Waals surface area contributed by atoms with Crippen LogP contribution in [0.1, 0.15) is 41.0 Å². The summed E-state index contributed by atoms with van der Waals surface area (Å²) in [7, 11) is 3.43. The van der Waals surface area contributed by atoms with Crippen molar-refractivity contribution in [1.82, 2.24) is 10.2 Å². The number of methoxy groups -OCH3 is 1. The van der Waals surface area contributed by atoms with Gasteiger partial charge in [0.15, 0.2) is 5.11 Å². The Morgan fingerprint density at radius 1 is 1.09 bits per heavy atom. The van der Waals surface area contributed by atoms with Gasteiger partial charge >= 0.3 is 5.97 Å². The number of ether oxygens (including phenoxy) is 2. The molecule has 0 bridgehead atoms. The Hall–Kier alpha value is -3.17.